The van der Waals surface area contributed by atoms with E-state index in [-0.39, 0.29) is 0 Å². The molecule has 3 N–H and O–H groups in total. The molecular formula is C15H12ClN7. The summed E-state index contributed by atoms with van der Waals surface area (Å²) >= 11 is 6.00. The van der Waals surface area contributed by atoms with Crippen LogP contribution in [0.5, 0.6) is 0 Å². The van der Waals surface area contributed by atoms with Gasteiger partial charge in [0.2, 0.25) is 0 Å². The second kappa shape index (κ2) is 5.69. The Labute approximate surface area is 136 Å². The quantitative estimate of drug-likeness (QED) is 0.536. The average Bonchev–Trinajstić information content (AvgIpc) is 3.23. The van der Waals surface area contributed by atoms with Gasteiger partial charge in [-0.15, -0.1) is 0 Å². The summed E-state index contributed by atoms with van der Waals surface area (Å²) in [7, 11) is 0. The number of nitrogens with one attached hydrogen (secondary N) is 3. The monoisotopic (exact) mass is 325 g/mol. The summed E-state index contributed by atoms with van der Waals surface area (Å²) in [5, 5.41) is 3.82. The van der Waals surface area contributed by atoms with Gasteiger partial charge in [-0.1, -0.05) is 11.6 Å². The Morgan fingerprint density at radius 1 is 1.17 bits per heavy atom. The largest absolute Gasteiger partial charge is 0.364 e. The van der Waals surface area contributed by atoms with E-state index in [2.05, 4.69) is 35.2 Å². The molecule has 4 aromatic heterocycles. The maximum atomic E-state index is 6.00. The SMILES string of the molecule is Clc1cncc(-c2nc(NCc3ccc[nH]3)c3nc[nH]c3n2)c1. The predicted molar refractivity (Wildman–Crippen MR) is 88.0 cm³/mol. The smallest absolute Gasteiger partial charge is 0.165 e. The minimum Gasteiger partial charge on any atom is -0.364 e. The normalized spacial score (nSPS) is 11.0. The number of hydrogen-bond acceptors (Lipinski definition) is 5. The van der Waals surface area contributed by atoms with Crippen molar-refractivity contribution < 1.29 is 0 Å². The lowest BCUT2D eigenvalue weighted by molar-refractivity contribution is 1.05. The molecule has 0 saturated carbocycles. The van der Waals surface area contributed by atoms with Gasteiger partial charge >= 0.3 is 0 Å². The fraction of sp³-hybridized carbons (Fsp3) is 0.0667. The van der Waals surface area contributed by atoms with E-state index in [0.29, 0.717) is 34.4 Å². The van der Waals surface area contributed by atoms with E-state index in [1.54, 1.807) is 24.8 Å². The number of H-pyrrole nitrogens is 2. The summed E-state index contributed by atoms with van der Waals surface area (Å²) in [5.74, 6) is 1.19. The van der Waals surface area contributed by atoms with Gasteiger partial charge in [-0.2, -0.15) is 0 Å². The van der Waals surface area contributed by atoms with Crippen LogP contribution in [0.3, 0.4) is 0 Å². The summed E-state index contributed by atoms with van der Waals surface area (Å²) in [6.07, 6.45) is 6.73. The van der Waals surface area contributed by atoms with Crippen molar-refractivity contribution in [2.24, 2.45) is 0 Å². The van der Waals surface area contributed by atoms with E-state index < -0.39 is 0 Å². The molecule has 0 unspecified atom stereocenters. The zero-order valence-corrected chi connectivity index (χ0v) is 12.7. The van der Waals surface area contributed by atoms with Gasteiger partial charge in [-0.05, 0) is 18.2 Å². The molecule has 0 aliphatic carbocycles. The lowest BCUT2D eigenvalue weighted by atomic mass is 10.2. The number of aromatic nitrogens is 6. The highest BCUT2D eigenvalue weighted by atomic mass is 35.5. The molecule has 7 nitrogen and oxygen atoms in total. The van der Waals surface area contributed by atoms with Gasteiger partial charge in [-0.25, -0.2) is 15.0 Å². The van der Waals surface area contributed by atoms with Crippen molar-refractivity contribution in [3.63, 3.8) is 0 Å². The van der Waals surface area contributed by atoms with Crippen molar-refractivity contribution in [3.8, 4) is 11.4 Å². The van der Waals surface area contributed by atoms with E-state index in [9.17, 15) is 0 Å². The van der Waals surface area contributed by atoms with E-state index in [4.69, 9.17) is 11.6 Å². The van der Waals surface area contributed by atoms with E-state index in [1.165, 1.54) is 0 Å². The van der Waals surface area contributed by atoms with Crippen LogP contribution in [-0.4, -0.2) is 29.9 Å². The molecule has 0 fully saturated rings. The molecule has 0 aliphatic heterocycles. The molecule has 23 heavy (non-hydrogen) atoms. The molecule has 8 heteroatoms. The van der Waals surface area contributed by atoms with Crippen LogP contribution < -0.4 is 5.32 Å². The summed E-state index contributed by atoms with van der Waals surface area (Å²) in [6.45, 7) is 0.610. The predicted octanol–water partition coefficient (Wildman–Crippen LogP) is 3.01. The van der Waals surface area contributed by atoms with Gasteiger partial charge in [0, 0.05) is 29.8 Å². The highest BCUT2D eigenvalue weighted by Gasteiger charge is 2.12. The number of pyridine rings is 1. The Morgan fingerprint density at radius 3 is 2.96 bits per heavy atom. The van der Waals surface area contributed by atoms with Crippen LogP contribution >= 0.6 is 11.6 Å². The molecule has 4 aromatic rings. The Bertz CT molecular complexity index is 946. The molecule has 0 spiro atoms. The van der Waals surface area contributed by atoms with Gasteiger partial charge in [0.1, 0.15) is 5.52 Å². The first-order valence-corrected chi connectivity index (χ1v) is 7.35. The van der Waals surface area contributed by atoms with Crippen molar-refractivity contribution in [1.29, 1.82) is 0 Å². The Hall–Kier alpha value is -2.93. The summed E-state index contributed by atoms with van der Waals surface area (Å²) in [6, 6.07) is 5.72. The fourth-order valence-corrected chi connectivity index (χ4v) is 2.45. The third kappa shape index (κ3) is 2.74. The van der Waals surface area contributed by atoms with Crippen LogP contribution in [0.1, 0.15) is 5.69 Å². The molecule has 0 radical (unpaired) electrons. The summed E-state index contributed by atoms with van der Waals surface area (Å²) in [4.78, 5) is 23.6. The van der Waals surface area contributed by atoms with Gasteiger partial charge in [0.25, 0.3) is 0 Å². The number of imidazole rings is 1. The minimum atomic E-state index is 0.533. The van der Waals surface area contributed by atoms with Gasteiger partial charge in [0.15, 0.2) is 17.3 Å². The second-order valence-corrected chi connectivity index (χ2v) is 5.37. The minimum absolute atomic E-state index is 0.533. The number of hydrogen-bond donors (Lipinski definition) is 3. The maximum absolute atomic E-state index is 6.00. The zero-order valence-electron chi connectivity index (χ0n) is 11.9. The van der Waals surface area contributed by atoms with Crippen LogP contribution in [0.15, 0.2) is 43.1 Å². The molecule has 114 valence electrons. The fourth-order valence-electron chi connectivity index (χ4n) is 2.28. The lowest BCUT2D eigenvalue weighted by Gasteiger charge is -2.07. The number of halogens is 1. The molecular weight excluding hydrogens is 314 g/mol. The molecule has 4 heterocycles. The van der Waals surface area contributed by atoms with Crippen LogP contribution in [0.2, 0.25) is 5.02 Å². The van der Waals surface area contributed by atoms with Crippen molar-refractivity contribution >= 4 is 28.6 Å². The summed E-state index contributed by atoms with van der Waals surface area (Å²) in [5.41, 5.74) is 3.15. The van der Waals surface area contributed by atoms with Crippen molar-refractivity contribution in [1.82, 2.24) is 29.9 Å². The molecule has 4 rings (SSSR count). The van der Waals surface area contributed by atoms with E-state index in [1.807, 2.05) is 18.3 Å². The third-order valence-electron chi connectivity index (χ3n) is 3.35. The Kier molecular flexibility index (Phi) is 3.39. The van der Waals surface area contributed by atoms with Crippen molar-refractivity contribution in [3.05, 3.63) is 53.8 Å². The Balaban J connectivity index is 1.75. The van der Waals surface area contributed by atoms with Crippen LogP contribution in [0.4, 0.5) is 5.82 Å². The number of aromatic amines is 2. The molecule has 0 amide bonds. The highest BCUT2D eigenvalue weighted by Crippen LogP contribution is 2.24. The average molecular weight is 326 g/mol. The standard InChI is InChI=1S/C15H12ClN7/c16-10-4-9(5-17-6-10)13-22-14(12-15(23-13)21-8-20-12)19-7-11-2-1-3-18-11/h1-6,8,18H,7H2,(H2,19,20,21,22,23). The van der Waals surface area contributed by atoms with E-state index in [0.717, 1.165) is 11.3 Å². The van der Waals surface area contributed by atoms with Crippen LogP contribution in [-0.2, 0) is 6.54 Å². The third-order valence-corrected chi connectivity index (χ3v) is 3.56. The van der Waals surface area contributed by atoms with Gasteiger partial charge < -0.3 is 15.3 Å². The summed E-state index contributed by atoms with van der Waals surface area (Å²) < 4.78 is 0. The Morgan fingerprint density at radius 2 is 2.13 bits per heavy atom. The van der Waals surface area contributed by atoms with Gasteiger partial charge in [0.05, 0.1) is 17.9 Å². The zero-order chi connectivity index (χ0) is 15.6. The number of fused-ring (bicyclic) bond motifs is 1. The number of nitrogens with zero attached hydrogens (tertiary/aromatic N) is 4. The lowest BCUT2D eigenvalue weighted by Crippen LogP contribution is -2.04. The first kappa shape index (κ1) is 13.7. The molecule has 0 aromatic carbocycles. The van der Waals surface area contributed by atoms with Crippen LogP contribution in [0.25, 0.3) is 22.6 Å². The maximum Gasteiger partial charge on any atom is 0.165 e. The number of rotatable bonds is 4. The first-order valence-electron chi connectivity index (χ1n) is 6.98. The van der Waals surface area contributed by atoms with E-state index >= 15 is 0 Å². The molecule has 0 bridgehead atoms. The molecule has 0 atom stereocenters. The topological polar surface area (TPSA) is 95.2 Å². The number of anilines is 1. The molecule has 0 saturated heterocycles. The highest BCUT2D eigenvalue weighted by molar-refractivity contribution is 6.30. The van der Waals surface area contributed by atoms with Crippen molar-refractivity contribution in [2.45, 2.75) is 6.54 Å². The van der Waals surface area contributed by atoms with Crippen LogP contribution in [0, 0.1) is 0 Å². The van der Waals surface area contributed by atoms with Crippen molar-refractivity contribution in [2.75, 3.05) is 5.32 Å². The molecule has 0 aliphatic rings. The second-order valence-electron chi connectivity index (χ2n) is 4.94. The van der Waals surface area contributed by atoms with Gasteiger partial charge in [-0.3, -0.25) is 4.98 Å². The first-order chi connectivity index (χ1) is 11.3.